The second-order valence-corrected chi connectivity index (χ2v) is 7.74. The van der Waals surface area contributed by atoms with Crippen LogP contribution in [-0.2, 0) is 23.7 Å². The lowest BCUT2D eigenvalue weighted by Gasteiger charge is -2.48. The van der Waals surface area contributed by atoms with E-state index in [2.05, 4.69) is 10.0 Å². The van der Waals surface area contributed by atoms with Crippen molar-refractivity contribution < 1.29 is 49.2 Å². The zero-order valence-corrected chi connectivity index (χ0v) is 16.8. The van der Waals surface area contributed by atoms with Crippen molar-refractivity contribution in [2.45, 2.75) is 67.6 Å². The average Bonchev–Trinajstić information content (AvgIpc) is 2.82. The number of aliphatic hydroxyl groups excluding tert-OH is 5. The standard InChI is InChI=1S/C19H25N3O10/c20-22-21-17-13(26)11(24)15(9(6-23)29-17)32-19-14(27)12(25)16-10(30-19)7-28-18(31-16)8-4-2-1-3-5-8/h1-5,9-19,23-27H,6-7H2/t9-,10-,11-,12-,13-,14-,15-,16+,17-,18?,19+/m1/s1. The normalized spacial score (nSPS) is 44.3. The Hall–Kier alpha value is -1.87. The van der Waals surface area contributed by atoms with Crippen LogP contribution < -0.4 is 0 Å². The Bertz CT molecular complexity index is 808. The summed E-state index contributed by atoms with van der Waals surface area (Å²) in [6.45, 7) is -0.614. The fraction of sp³-hybridized carbons (Fsp3) is 0.684. The molecule has 0 aromatic heterocycles. The number of fused-ring (bicyclic) bond motifs is 1. The Morgan fingerprint density at radius 3 is 2.44 bits per heavy atom. The van der Waals surface area contributed by atoms with Crippen LogP contribution >= 0.6 is 0 Å². The van der Waals surface area contributed by atoms with Crippen LogP contribution in [0.15, 0.2) is 35.4 Å². The molecule has 13 nitrogen and oxygen atoms in total. The number of hydrogen-bond acceptors (Lipinski definition) is 11. The molecule has 1 aromatic carbocycles. The first-order chi connectivity index (χ1) is 15.4. The van der Waals surface area contributed by atoms with Crippen molar-refractivity contribution in [2.75, 3.05) is 13.2 Å². The molecule has 32 heavy (non-hydrogen) atoms. The lowest BCUT2D eigenvalue weighted by molar-refractivity contribution is -0.378. The Labute approximate surface area is 182 Å². The molecule has 0 bridgehead atoms. The molecule has 3 aliphatic heterocycles. The first kappa shape index (κ1) is 23.3. The monoisotopic (exact) mass is 455 g/mol. The van der Waals surface area contributed by atoms with E-state index >= 15 is 0 Å². The molecule has 5 N–H and O–H groups in total. The quantitative estimate of drug-likeness (QED) is 0.202. The van der Waals surface area contributed by atoms with Crippen molar-refractivity contribution >= 4 is 0 Å². The van der Waals surface area contributed by atoms with Gasteiger partial charge in [0.25, 0.3) is 0 Å². The van der Waals surface area contributed by atoms with Crippen molar-refractivity contribution in [3.63, 3.8) is 0 Å². The van der Waals surface area contributed by atoms with E-state index in [0.29, 0.717) is 0 Å². The first-order valence-corrected chi connectivity index (χ1v) is 10.1. The molecule has 0 amide bonds. The van der Waals surface area contributed by atoms with Gasteiger partial charge in [0.2, 0.25) is 0 Å². The van der Waals surface area contributed by atoms with Gasteiger partial charge in [-0.2, -0.15) is 0 Å². The molecule has 0 aliphatic carbocycles. The molecular weight excluding hydrogens is 430 g/mol. The molecule has 3 heterocycles. The minimum Gasteiger partial charge on any atom is -0.394 e. The van der Waals surface area contributed by atoms with Gasteiger partial charge in [0.1, 0.15) is 48.8 Å². The minimum absolute atomic E-state index is 0.0304. The summed E-state index contributed by atoms with van der Waals surface area (Å²) in [5, 5.41) is 54.6. The third kappa shape index (κ3) is 4.46. The fourth-order valence-electron chi connectivity index (χ4n) is 4.01. The third-order valence-corrected chi connectivity index (χ3v) is 5.70. The van der Waals surface area contributed by atoms with Gasteiger partial charge in [0.05, 0.1) is 13.2 Å². The molecule has 3 aliphatic rings. The number of benzene rings is 1. The van der Waals surface area contributed by atoms with Gasteiger partial charge in [0.15, 0.2) is 18.8 Å². The summed E-state index contributed by atoms with van der Waals surface area (Å²) in [6.07, 6.45) is -14.2. The maximum atomic E-state index is 10.7. The maximum absolute atomic E-state index is 10.7. The SMILES string of the molecule is [N-]=[N+]=N[C@@H]1O[C@H](CO)[C@@H](O[C@@H]2O[C@@H]3COC(c4ccccc4)O[C@@H]3[C@H](O)[C@H]2O)[C@H](O)[C@H]1O. The van der Waals surface area contributed by atoms with Crippen LogP contribution in [0, 0.1) is 0 Å². The highest BCUT2D eigenvalue weighted by atomic mass is 16.8. The van der Waals surface area contributed by atoms with E-state index in [1.165, 1.54) is 0 Å². The predicted molar refractivity (Wildman–Crippen MR) is 102 cm³/mol. The number of ether oxygens (including phenoxy) is 5. The van der Waals surface area contributed by atoms with Crippen molar-refractivity contribution in [3.05, 3.63) is 46.3 Å². The van der Waals surface area contributed by atoms with E-state index in [4.69, 9.17) is 29.2 Å². The highest BCUT2D eigenvalue weighted by Crippen LogP contribution is 2.35. The topological polar surface area (TPSA) is 196 Å². The third-order valence-electron chi connectivity index (χ3n) is 5.70. The highest BCUT2D eigenvalue weighted by molar-refractivity contribution is 5.16. The Morgan fingerprint density at radius 1 is 1.00 bits per heavy atom. The molecule has 0 saturated carbocycles. The Kier molecular flexibility index (Phi) is 7.24. The van der Waals surface area contributed by atoms with Gasteiger partial charge in [-0.3, -0.25) is 0 Å². The second kappa shape index (κ2) is 9.95. The summed E-state index contributed by atoms with van der Waals surface area (Å²) in [5.74, 6) is 0. The summed E-state index contributed by atoms with van der Waals surface area (Å²) in [4.78, 5) is 2.53. The Morgan fingerprint density at radius 2 is 1.75 bits per heavy atom. The molecule has 0 radical (unpaired) electrons. The second-order valence-electron chi connectivity index (χ2n) is 7.74. The van der Waals surface area contributed by atoms with Crippen LogP contribution in [0.3, 0.4) is 0 Å². The lowest BCUT2D eigenvalue weighted by Crippen LogP contribution is -2.65. The number of aliphatic hydroxyl groups is 5. The van der Waals surface area contributed by atoms with Crippen LogP contribution in [0.5, 0.6) is 0 Å². The Balaban J connectivity index is 1.44. The van der Waals surface area contributed by atoms with Crippen molar-refractivity contribution in [1.82, 2.24) is 0 Å². The lowest BCUT2D eigenvalue weighted by atomic mass is 9.96. The van der Waals surface area contributed by atoms with Crippen LogP contribution in [0.1, 0.15) is 11.9 Å². The summed E-state index contributed by atoms with van der Waals surface area (Å²) >= 11 is 0. The number of nitrogens with zero attached hydrogens (tertiary/aromatic N) is 3. The molecule has 0 spiro atoms. The zero-order chi connectivity index (χ0) is 22.8. The molecule has 3 saturated heterocycles. The van der Waals surface area contributed by atoms with Crippen molar-refractivity contribution in [1.29, 1.82) is 0 Å². The van der Waals surface area contributed by atoms with E-state index in [1.807, 2.05) is 18.2 Å². The highest BCUT2D eigenvalue weighted by Gasteiger charge is 2.52. The maximum Gasteiger partial charge on any atom is 0.187 e. The van der Waals surface area contributed by atoms with Gasteiger partial charge in [-0.05, 0) is 5.53 Å². The van der Waals surface area contributed by atoms with Crippen molar-refractivity contribution in [3.8, 4) is 0 Å². The van der Waals surface area contributed by atoms with Crippen LogP contribution in [0.4, 0.5) is 0 Å². The van der Waals surface area contributed by atoms with Crippen LogP contribution in [0.25, 0.3) is 10.4 Å². The number of rotatable bonds is 5. The molecule has 1 aromatic rings. The molecule has 3 fully saturated rings. The molecule has 176 valence electrons. The minimum atomic E-state index is -1.65. The molecule has 1 unspecified atom stereocenters. The zero-order valence-electron chi connectivity index (χ0n) is 16.8. The van der Waals surface area contributed by atoms with E-state index in [0.717, 1.165) is 5.56 Å². The van der Waals surface area contributed by atoms with Gasteiger partial charge >= 0.3 is 0 Å². The van der Waals surface area contributed by atoms with E-state index in [-0.39, 0.29) is 6.61 Å². The molecule has 11 atom stereocenters. The van der Waals surface area contributed by atoms with Gasteiger partial charge < -0.3 is 49.2 Å². The van der Waals surface area contributed by atoms with Gasteiger partial charge in [-0.25, -0.2) is 0 Å². The fourth-order valence-corrected chi connectivity index (χ4v) is 4.01. The predicted octanol–water partition coefficient (Wildman–Crippen LogP) is -1.32. The van der Waals surface area contributed by atoms with Crippen molar-refractivity contribution in [2.24, 2.45) is 5.11 Å². The van der Waals surface area contributed by atoms with Crippen LogP contribution in [-0.4, -0.2) is 100 Å². The van der Waals surface area contributed by atoms with Gasteiger partial charge in [-0.15, -0.1) is 0 Å². The number of azide groups is 1. The smallest absolute Gasteiger partial charge is 0.187 e. The molecule has 13 heteroatoms. The van der Waals surface area contributed by atoms with Crippen LogP contribution in [0.2, 0.25) is 0 Å². The van der Waals surface area contributed by atoms with E-state index in [9.17, 15) is 25.5 Å². The summed E-state index contributed by atoms with van der Waals surface area (Å²) in [5.41, 5.74) is 9.30. The van der Waals surface area contributed by atoms with E-state index in [1.54, 1.807) is 12.1 Å². The summed E-state index contributed by atoms with van der Waals surface area (Å²) < 4.78 is 28.1. The molecular formula is C19H25N3O10. The number of hydrogen-bond donors (Lipinski definition) is 5. The summed E-state index contributed by atoms with van der Waals surface area (Å²) in [6, 6.07) is 9.08. The van der Waals surface area contributed by atoms with E-state index < -0.39 is 74.2 Å². The van der Waals surface area contributed by atoms with Gasteiger partial charge in [0, 0.05) is 10.5 Å². The average molecular weight is 455 g/mol. The largest absolute Gasteiger partial charge is 0.394 e. The first-order valence-electron chi connectivity index (χ1n) is 10.1. The van der Waals surface area contributed by atoms with Gasteiger partial charge in [-0.1, -0.05) is 35.4 Å². The summed E-state index contributed by atoms with van der Waals surface area (Å²) in [7, 11) is 0. The molecule has 4 rings (SSSR count).